The number of rotatable bonds is 5. The first-order valence-corrected chi connectivity index (χ1v) is 9.80. The Kier molecular flexibility index (Phi) is 6.17. The minimum Gasteiger partial charge on any atom is -0.369 e. The number of hydrogen-bond acceptors (Lipinski definition) is 3. The molecule has 0 spiro atoms. The molecule has 0 unspecified atom stereocenters. The average molecular weight is 366 g/mol. The van der Waals surface area contributed by atoms with Crippen LogP contribution in [0.5, 0.6) is 0 Å². The van der Waals surface area contributed by atoms with Gasteiger partial charge in [0.25, 0.3) is 0 Å². The smallest absolute Gasteiger partial charge is 0.224 e. The fourth-order valence-corrected chi connectivity index (χ4v) is 3.45. The molecule has 2 aromatic rings. The number of hydrogen-bond donors (Lipinski definition) is 1. The van der Waals surface area contributed by atoms with Gasteiger partial charge in [0.15, 0.2) is 0 Å². The Hall–Kier alpha value is -2.33. The second-order valence-electron chi connectivity index (χ2n) is 8.58. The first kappa shape index (κ1) is 19.4. The maximum atomic E-state index is 12.1. The minimum absolute atomic E-state index is 0.00342. The van der Waals surface area contributed by atoms with Crippen LogP contribution in [-0.2, 0) is 11.3 Å². The number of piperazine rings is 1. The van der Waals surface area contributed by atoms with E-state index in [0.29, 0.717) is 6.42 Å². The second kappa shape index (κ2) is 8.57. The van der Waals surface area contributed by atoms with Gasteiger partial charge in [-0.3, -0.25) is 9.69 Å². The van der Waals surface area contributed by atoms with Crippen molar-refractivity contribution in [2.75, 3.05) is 36.4 Å². The molecule has 0 aromatic heterocycles. The van der Waals surface area contributed by atoms with Crippen molar-refractivity contribution in [2.45, 2.75) is 33.7 Å². The van der Waals surface area contributed by atoms with Crippen LogP contribution in [0, 0.1) is 5.41 Å². The van der Waals surface area contributed by atoms with Gasteiger partial charge in [0.2, 0.25) is 5.91 Å². The van der Waals surface area contributed by atoms with Gasteiger partial charge >= 0.3 is 0 Å². The lowest BCUT2D eigenvalue weighted by molar-refractivity contribution is -0.117. The molecule has 0 bridgehead atoms. The van der Waals surface area contributed by atoms with Gasteiger partial charge < -0.3 is 10.2 Å². The summed E-state index contributed by atoms with van der Waals surface area (Å²) >= 11 is 0. The van der Waals surface area contributed by atoms with Gasteiger partial charge in [-0.25, -0.2) is 0 Å². The highest BCUT2D eigenvalue weighted by Gasteiger charge is 2.18. The summed E-state index contributed by atoms with van der Waals surface area (Å²) in [5.74, 6) is 0.0739. The summed E-state index contributed by atoms with van der Waals surface area (Å²) in [6.45, 7) is 11.4. The highest BCUT2D eigenvalue weighted by atomic mass is 16.1. The van der Waals surface area contributed by atoms with Crippen molar-refractivity contribution < 1.29 is 4.79 Å². The second-order valence-corrected chi connectivity index (χ2v) is 8.58. The zero-order valence-corrected chi connectivity index (χ0v) is 16.7. The third kappa shape index (κ3) is 6.10. The lowest BCUT2D eigenvalue weighted by atomic mass is 9.92. The van der Waals surface area contributed by atoms with Gasteiger partial charge in [-0.05, 0) is 35.2 Å². The third-order valence-electron chi connectivity index (χ3n) is 4.83. The van der Waals surface area contributed by atoms with E-state index in [-0.39, 0.29) is 11.3 Å². The Morgan fingerprint density at radius 1 is 0.926 bits per heavy atom. The zero-order chi connectivity index (χ0) is 19.3. The molecule has 27 heavy (non-hydrogen) atoms. The highest BCUT2D eigenvalue weighted by molar-refractivity contribution is 5.91. The van der Waals surface area contributed by atoms with E-state index in [2.05, 4.69) is 78.4 Å². The largest absolute Gasteiger partial charge is 0.369 e. The number of nitrogens with zero attached hydrogens (tertiary/aromatic N) is 2. The van der Waals surface area contributed by atoms with Crippen molar-refractivity contribution in [3.63, 3.8) is 0 Å². The van der Waals surface area contributed by atoms with Crippen LogP contribution in [0.15, 0.2) is 54.6 Å². The van der Waals surface area contributed by atoms with Crippen LogP contribution in [0.1, 0.15) is 32.8 Å². The summed E-state index contributed by atoms with van der Waals surface area (Å²) < 4.78 is 0. The molecule has 1 aliphatic rings. The molecule has 1 aliphatic heterocycles. The molecular weight excluding hydrogens is 334 g/mol. The molecule has 144 valence electrons. The lowest BCUT2D eigenvalue weighted by Crippen LogP contribution is -2.45. The summed E-state index contributed by atoms with van der Waals surface area (Å²) in [6.07, 6.45) is 0.526. The van der Waals surface area contributed by atoms with Crippen molar-refractivity contribution in [1.82, 2.24) is 4.90 Å². The van der Waals surface area contributed by atoms with Crippen molar-refractivity contribution in [3.8, 4) is 0 Å². The normalized spacial score (nSPS) is 15.6. The molecule has 1 saturated heterocycles. The van der Waals surface area contributed by atoms with E-state index in [9.17, 15) is 4.79 Å². The fourth-order valence-electron chi connectivity index (χ4n) is 3.45. The molecule has 0 aliphatic carbocycles. The Morgan fingerprint density at radius 3 is 2.15 bits per heavy atom. The zero-order valence-electron chi connectivity index (χ0n) is 16.7. The Balaban J connectivity index is 1.49. The standard InChI is InChI=1S/C23H31N3O/c1-23(2,3)17-22(27)24-20-9-11-21(12-10-20)26-15-13-25(14-16-26)18-19-7-5-4-6-8-19/h4-12H,13-18H2,1-3H3,(H,24,27). The maximum Gasteiger partial charge on any atom is 0.224 e. The van der Waals surface area contributed by atoms with E-state index in [4.69, 9.17) is 0 Å². The maximum absolute atomic E-state index is 12.1. The monoisotopic (exact) mass is 365 g/mol. The summed E-state index contributed by atoms with van der Waals surface area (Å²) in [4.78, 5) is 17.0. The van der Waals surface area contributed by atoms with E-state index >= 15 is 0 Å². The first-order valence-electron chi connectivity index (χ1n) is 9.80. The molecule has 1 fully saturated rings. The van der Waals surface area contributed by atoms with Gasteiger partial charge in [-0.1, -0.05) is 51.1 Å². The predicted molar refractivity (Wildman–Crippen MR) is 113 cm³/mol. The Bertz CT molecular complexity index is 726. The number of anilines is 2. The molecule has 1 N–H and O–H groups in total. The molecule has 0 atom stereocenters. The molecule has 0 radical (unpaired) electrons. The predicted octanol–water partition coefficient (Wildman–Crippen LogP) is 4.38. The van der Waals surface area contributed by atoms with Crippen LogP contribution in [0.3, 0.4) is 0 Å². The SMILES string of the molecule is CC(C)(C)CC(=O)Nc1ccc(N2CCN(Cc3ccccc3)CC2)cc1. The van der Waals surface area contributed by atoms with Gasteiger partial charge in [0, 0.05) is 50.5 Å². The molecule has 0 saturated carbocycles. The van der Waals surface area contributed by atoms with Crippen LogP contribution in [0.4, 0.5) is 11.4 Å². The van der Waals surface area contributed by atoms with Crippen LogP contribution >= 0.6 is 0 Å². The number of nitrogens with one attached hydrogen (secondary N) is 1. The van der Waals surface area contributed by atoms with E-state index in [1.165, 1.54) is 11.3 Å². The minimum atomic E-state index is 0.00342. The summed E-state index contributed by atoms with van der Waals surface area (Å²) in [5, 5.41) is 3.00. The number of amides is 1. The van der Waals surface area contributed by atoms with E-state index in [1.807, 2.05) is 12.1 Å². The van der Waals surface area contributed by atoms with E-state index in [1.54, 1.807) is 0 Å². The molecule has 1 amide bonds. The fraction of sp³-hybridized carbons (Fsp3) is 0.435. The topological polar surface area (TPSA) is 35.6 Å². The van der Waals surface area contributed by atoms with Crippen molar-refractivity contribution >= 4 is 17.3 Å². The highest BCUT2D eigenvalue weighted by Crippen LogP contribution is 2.22. The van der Waals surface area contributed by atoms with E-state index < -0.39 is 0 Å². The first-order chi connectivity index (χ1) is 12.9. The van der Waals surface area contributed by atoms with Crippen LogP contribution in [0.2, 0.25) is 0 Å². The van der Waals surface area contributed by atoms with Gasteiger partial charge in [-0.2, -0.15) is 0 Å². The lowest BCUT2D eigenvalue weighted by Gasteiger charge is -2.36. The van der Waals surface area contributed by atoms with E-state index in [0.717, 1.165) is 38.4 Å². The van der Waals surface area contributed by atoms with Crippen molar-refractivity contribution in [1.29, 1.82) is 0 Å². The molecule has 4 heteroatoms. The van der Waals surface area contributed by atoms with Crippen LogP contribution in [-0.4, -0.2) is 37.0 Å². The Labute approximate surface area is 163 Å². The van der Waals surface area contributed by atoms with Gasteiger partial charge in [-0.15, -0.1) is 0 Å². The van der Waals surface area contributed by atoms with Crippen LogP contribution in [0.25, 0.3) is 0 Å². The summed E-state index contributed by atoms with van der Waals surface area (Å²) in [6, 6.07) is 18.9. The van der Waals surface area contributed by atoms with Crippen LogP contribution < -0.4 is 10.2 Å². The van der Waals surface area contributed by atoms with Gasteiger partial charge in [0.05, 0.1) is 0 Å². The van der Waals surface area contributed by atoms with Gasteiger partial charge in [0.1, 0.15) is 0 Å². The molecule has 1 heterocycles. The average Bonchev–Trinajstić information content (AvgIpc) is 2.62. The molecule has 3 rings (SSSR count). The number of benzene rings is 2. The molecule has 4 nitrogen and oxygen atoms in total. The summed E-state index contributed by atoms with van der Waals surface area (Å²) in [7, 11) is 0. The molecular formula is C23H31N3O. The summed E-state index contributed by atoms with van der Waals surface area (Å²) in [5.41, 5.74) is 3.48. The number of carbonyl (C=O) groups excluding carboxylic acids is 1. The number of carbonyl (C=O) groups is 1. The van der Waals surface area contributed by atoms with Crippen molar-refractivity contribution in [2.24, 2.45) is 5.41 Å². The third-order valence-corrected chi connectivity index (χ3v) is 4.83. The van der Waals surface area contributed by atoms with Crippen molar-refractivity contribution in [3.05, 3.63) is 60.2 Å². The molecule has 2 aromatic carbocycles. The Morgan fingerprint density at radius 2 is 1.56 bits per heavy atom. The quantitative estimate of drug-likeness (QED) is 0.854.